The third-order valence-electron chi connectivity index (χ3n) is 3.34. The summed E-state index contributed by atoms with van der Waals surface area (Å²) in [4.78, 5) is 12.3. The van der Waals surface area contributed by atoms with Gasteiger partial charge in [-0.3, -0.25) is 4.79 Å². The van der Waals surface area contributed by atoms with Gasteiger partial charge in [0.2, 0.25) is 0 Å². The number of aromatic hydroxyl groups is 1. The van der Waals surface area contributed by atoms with Crippen LogP contribution >= 0.6 is 0 Å². The van der Waals surface area contributed by atoms with Crippen LogP contribution in [0.4, 0.5) is 0 Å². The van der Waals surface area contributed by atoms with Gasteiger partial charge in [0.05, 0.1) is 7.11 Å². The van der Waals surface area contributed by atoms with Crippen LogP contribution in [0.1, 0.15) is 5.56 Å². The molecule has 0 fully saturated rings. The first-order valence-electron chi connectivity index (χ1n) is 6.50. The van der Waals surface area contributed by atoms with E-state index in [0.717, 1.165) is 11.1 Å². The predicted molar refractivity (Wildman–Crippen MR) is 80.9 cm³/mol. The number of methoxy groups -OCH3 is 1. The van der Waals surface area contributed by atoms with Gasteiger partial charge in [0.15, 0.2) is 5.43 Å². The molecule has 4 nitrogen and oxygen atoms in total. The van der Waals surface area contributed by atoms with Crippen molar-refractivity contribution in [3.63, 3.8) is 0 Å². The smallest absolute Gasteiger partial charge is 0.197 e. The van der Waals surface area contributed by atoms with Crippen molar-refractivity contribution >= 4 is 11.0 Å². The van der Waals surface area contributed by atoms with Gasteiger partial charge in [0, 0.05) is 23.8 Å². The average molecular weight is 282 g/mol. The summed E-state index contributed by atoms with van der Waals surface area (Å²) in [7, 11) is 1.45. The Morgan fingerprint density at radius 3 is 2.48 bits per heavy atom. The fourth-order valence-corrected chi connectivity index (χ4v) is 2.26. The lowest BCUT2D eigenvalue weighted by molar-refractivity contribution is 0.411. The third-order valence-corrected chi connectivity index (χ3v) is 3.34. The third kappa shape index (κ3) is 2.36. The van der Waals surface area contributed by atoms with Crippen molar-refractivity contribution in [1.82, 2.24) is 0 Å². The maximum absolute atomic E-state index is 12.3. The molecule has 0 bridgehead atoms. The van der Waals surface area contributed by atoms with Gasteiger partial charge in [-0.1, -0.05) is 29.8 Å². The molecule has 2 aromatic carbocycles. The minimum atomic E-state index is -0.205. The topological polar surface area (TPSA) is 59.7 Å². The highest BCUT2D eigenvalue weighted by Gasteiger charge is 2.12. The highest BCUT2D eigenvalue weighted by atomic mass is 16.5. The quantitative estimate of drug-likeness (QED) is 0.781. The van der Waals surface area contributed by atoms with Gasteiger partial charge in [-0.05, 0) is 6.92 Å². The summed E-state index contributed by atoms with van der Waals surface area (Å²) in [5.41, 5.74) is 2.03. The summed E-state index contributed by atoms with van der Waals surface area (Å²) in [6, 6.07) is 11.9. The van der Waals surface area contributed by atoms with Gasteiger partial charge in [-0.2, -0.15) is 0 Å². The second kappa shape index (κ2) is 4.98. The Balaban J connectivity index is 2.28. The highest BCUT2D eigenvalue weighted by Crippen LogP contribution is 2.31. The molecule has 1 N–H and O–H groups in total. The zero-order valence-corrected chi connectivity index (χ0v) is 11.7. The zero-order chi connectivity index (χ0) is 15.0. The van der Waals surface area contributed by atoms with Gasteiger partial charge in [-0.25, -0.2) is 0 Å². The van der Waals surface area contributed by atoms with Crippen LogP contribution in [0, 0.1) is 6.92 Å². The molecule has 106 valence electrons. The van der Waals surface area contributed by atoms with Gasteiger partial charge in [-0.15, -0.1) is 0 Å². The van der Waals surface area contributed by atoms with Crippen molar-refractivity contribution in [2.24, 2.45) is 0 Å². The minimum Gasteiger partial charge on any atom is -0.508 e. The van der Waals surface area contributed by atoms with Crippen LogP contribution in [-0.4, -0.2) is 12.2 Å². The van der Waals surface area contributed by atoms with E-state index in [-0.39, 0.29) is 11.2 Å². The van der Waals surface area contributed by atoms with Gasteiger partial charge in [0.25, 0.3) is 0 Å². The molecular weight excluding hydrogens is 268 g/mol. The van der Waals surface area contributed by atoms with Crippen molar-refractivity contribution in [3.05, 3.63) is 58.3 Å². The van der Waals surface area contributed by atoms with Crippen LogP contribution in [0.5, 0.6) is 11.5 Å². The lowest BCUT2D eigenvalue weighted by Gasteiger charge is -2.07. The maximum Gasteiger partial charge on any atom is 0.197 e. The molecule has 0 amide bonds. The summed E-state index contributed by atoms with van der Waals surface area (Å²) in [6.45, 7) is 1.99. The minimum absolute atomic E-state index is 0.0106. The fraction of sp³-hybridized carbons (Fsp3) is 0.118. The zero-order valence-electron chi connectivity index (χ0n) is 11.7. The number of hydrogen-bond donors (Lipinski definition) is 1. The van der Waals surface area contributed by atoms with Crippen LogP contribution in [-0.2, 0) is 0 Å². The molecule has 21 heavy (non-hydrogen) atoms. The summed E-state index contributed by atoms with van der Waals surface area (Å²) in [5, 5.41) is 10.0. The number of phenols is 1. The lowest BCUT2D eigenvalue weighted by atomic mass is 10.1. The maximum atomic E-state index is 12.3. The molecule has 0 aliphatic heterocycles. The predicted octanol–water partition coefficient (Wildman–Crippen LogP) is 3.48. The number of rotatable bonds is 2. The Kier molecular flexibility index (Phi) is 3.14. The molecule has 0 spiro atoms. The van der Waals surface area contributed by atoms with Crippen LogP contribution < -0.4 is 10.2 Å². The van der Waals surface area contributed by atoms with Gasteiger partial charge < -0.3 is 14.3 Å². The molecule has 1 aromatic heterocycles. The standard InChI is InChI=1S/C17H14O4/c1-10-3-5-11(6-4-10)14-9-13(19)17-15(20-2)7-12(18)8-16(17)21-14/h3-9,18H,1-2H3. The van der Waals surface area contributed by atoms with Crippen molar-refractivity contribution < 1.29 is 14.3 Å². The first-order valence-corrected chi connectivity index (χ1v) is 6.50. The number of ether oxygens (including phenoxy) is 1. The molecule has 0 aliphatic rings. The van der Waals surface area contributed by atoms with Gasteiger partial charge in [0.1, 0.15) is 28.2 Å². The molecule has 0 unspecified atom stereocenters. The Hall–Kier alpha value is -2.75. The Labute approximate surface area is 121 Å². The summed E-state index contributed by atoms with van der Waals surface area (Å²) >= 11 is 0. The van der Waals surface area contributed by atoms with E-state index < -0.39 is 0 Å². The normalized spacial score (nSPS) is 10.8. The van der Waals surface area contributed by atoms with E-state index in [4.69, 9.17) is 9.15 Å². The second-order valence-corrected chi connectivity index (χ2v) is 4.86. The van der Waals surface area contributed by atoms with Crippen LogP contribution in [0.25, 0.3) is 22.3 Å². The number of fused-ring (bicyclic) bond motifs is 1. The first-order chi connectivity index (χ1) is 10.1. The summed E-state index contributed by atoms with van der Waals surface area (Å²) in [6.07, 6.45) is 0. The fourth-order valence-electron chi connectivity index (χ4n) is 2.26. The average Bonchev–Trinajstić information content (AvgIpc) is 2.46. The number of benzene rings is 2. The Morgan fingerprint density at radius 2 is 1.81 bits per heavy atom. The number of hydrogen-bond acceptors (Lipinski definition) is 4. The number of phenolic OH excluding ortho intramolecular Hbond substituents is 1. The van der Waals surface area contributed by atoms with Crippen LogP contribution in [0.15, 0.2) is 51.7 Å². The van der Waals surface area contributed by atoms with Crippen molar-refractivity contribution in [2.45, 2.75) is 6.92 Å². The molecule has 3 rings (SSSR count). The molecule has 1 heterocycles. The SMILES string of the molecule is COc1cc(O)cc2oc(-c3ccc(C)cc3)cc(=O)c12. The van der Waals surface area contributed by atoms with Gasteiger partial charge >= 0.3 is 0 Å². The van der Waals surface area contributed by atoms with Crippen molar-refractivity contribution in [3.8, 4) is 22.8 Å². The second-order valence-electron chi connectivity index (χ2n) is 4.86. The van der Waals surface area contributed by atoms with E-state index in [2.05, 4.69) is 0 Å². The van der Waals surface area contributed by atoms with Crippen LogP contribution in [0.2, 0.25) is 0 Å². The molecular formula is C17H14O4. The summed E-state index contributed by atoms with van der Waals surface area (Å²) < 4.78 is 10.9. The van der Waals surface area contributed by atoms with E-state index in [9.17, 15) is 9.90 Å². The van der Waals surface area contributed by atoms with E-state index in [1.165, 1.54) is 25.3 Å². The number of aryl methyl sites for hydroxylation is 1. The van der Waals surface area contributed by atoms with E-state index in [1.54, 1.807) is 0 Å². The first kappa shape index (κ1) is 13.2. The molecule has 0 radical (unpaired) electrons. The van der Waals surface area contributed by atoms with E-state index in [0.29, 0.717) is 22.5 Å². The largest absolute Gasteiger partial charge is 0.508 e. The monoisotopic (exact) mass is 282 g/mol. The van der Waals surface area contributed by atoms with Crippen molar-refractivity contribution in [2.75, 3.05) is 7.11 Å². The lowest BCUT2D eigenvalue weighted by Crippen LogP contribution is -2.02. The Morgan fingerprint density at radius 1 is 1.10 bits per heavy atom. The molecule has 0 atom stereocenters. The molecule has 3 aromatic rings. The molecule has 0 aliphatic carbocycles. The van der Waals surface area contributed by atoms with Crippen molar-refractivity contribution in [1.29, 1.82) is 0 Å². The van der Waals surface area contributed by atoms with E-state index >= 15 is 0 Å². The molecule has 0 saturated carbocycles. The molecule has 0 saturated heterocycles. The Bertz CT molecular complexity index is 860. The summed E-state index contributed by atoms with van der Waals surface area (Å²) in [5.74, 6) is 0.748. The molecule has 4 heteroatoms. The highest BCUT2D eigenvalue weighted by molar-refractivity contribution is 5.86. The van der Waals surface area contributed by atoms with E-state index in [1.807, 2.05) is 31.2 Å². The van der Waals surface area contributed by atoms with Crippen LogP contribution in [0.3, 0.4) is 0 Å².